The molecule has 0 aliphatic rings. The summed E-state index contributed by atoms with van der Waals surface area (Å²) in [6, 6.07) is 8.64. The van der Waals surface area contributed by atoms with Crippen LogP contribution >= 0.6 is 11.6 Å². The van der Waals surface area contributed by atoms with Crippen molar-refractivity contribution in [3.63, 3.8) is 0 Å². The second-order valence-corrected chi connectivity index (χ2v) is 5.23. The molecule has 2 heterocycles. The lowest BCUT2D eigenvalue weighted by atomic mass is 10.2. The van der Waals surface area contributed by atoms with Crippen LogP contribution in [0.3, 0.4) is 0 Å². The van der Waals surface area contributed by atoms with Gasteiger partial charge in [-0.05, 0) is 37.3 Å². The van der Waals surface area contributed by atoms with E-state index in [0.717, 1.165) is 5.76 Å². The number of fused-ring (bicyclic) bond motifs is 1. The van der Waals surface area contributed by atoms with Crippen molar-refractivity contribution < 1.29 is 4.42 Å². The Kier molecular flexibility index (Phi) is 3.77. The average Bonchev–Trinajstić information content (AvgIpc) is 2.97. The molecular formula is C15H14ClN3O2. The van der Waals surface area contributed by atoms with Gasteiger partial charge in [0.25, 0.3) is 5.56 Å². The van der Waals surface area contributed by atoms with Crippen molar-refractivity contribution in [2.75, 3.05) is 0 Å². The number of furan rings is 1. The molecule has 5 nitrogen and oxygen atoms in total. The zero-order chi connectivity index (χ0) is 14.8. The van der Waals surface area contributed by atoms with Gasteiger partial charge in [-0.2, -0.15) is 0 Å². The SMILES string of the molecule is C[C@H](NCc1ccco1)c1nc2cc(Cl)ccc2c(=O)[nH]1. The first-order valence-corrected chi connectivity index (χ1v) is 6.96. The van der Waals surface area contributed by atoms with Crippen LogP contribution in [0.5, 0.6) is 0 Å². The molecule has 1 atom stereocenters. The van der Waals surface area contributed by atoms with Crippen molar-refractivity contribution in [1.82, 2.24) is 15.3 Å². The summed E-state index contributed by atoms with van der Waals surface area (Å²) >= 11 is 5.95. The molecule has 0 saturated carbocycles. The van der Waals surface area contributed by atoms with E-state index in [4.69, 9.17) is 16.0 Å². The second-order valence-electron chi connectivity index (χ2n) is 4.79. The molecule has 108 valence electrons. The first-order chi connectivity index (χ1) is 10.1. The van der Waals surface area contributed by atoms with E-state index in [2.05, 4.69) is 15.3 Å². The van der Waals surface area contributed by atoms with E-state index in [1.807, 2.05) is 19.1 Å². The smallest absolute Gasteiger partial charge is 0.258 e. The summed E-state index contributed by atoms with van der Waals surface area (Å²) in [7, 11) is 0. The van der Waals surface area contributed by atoms with Crippen LogP contribution in [-0.4, -0.2) is 9.97 Å². The van der Waals surface area contributed by atoms with Crippen LogP contribution in [0.25, 0.3) is 10.9 Å². The summed E-state index contributed by atoms with van der Waals surface area (Å²) in [6.07, 6.45) is 1.62. The predicted octanol–water partition coefficient (Wildman–Crippen LogP) is 3.02. The highest BCUT2D eigenvalue weighted by Gasteiger charge is 2.11. The minimum absolute atomic E-state index is 0.119. The quantitative estimate of drug-likeness (QED) is 0.777. The van der Waals surface area contributed by atoms with Crippen LogP contribution < -0.4 is 10.9 Å². The molecule has 2 N–H and O–H groups in total. The zero-order valence-electron chi connectivity index (χ0n) is 11.4. The molecule has 2 aromatic heterocycles. The number of aromatic amines is 1. The standard InChI is InChI=1S/C15H14ClN3O2/c1-9(17-8-11-3-2-6-21-11)14-18-13-7-10(16)4-5-12(13)15(20)19-14/h2-7,9,17H,8H2,1H3,(H,18,19,20)/t9-/m0/s1. The van der Waals surface area contributed by atoms with Gasteiger partial charge in [0.15, 0.2) is 0 Å². The molecule has 3 rings (SSSR count). The Morgan fingerprint density at radius 3 is 3.05 bits per heavy atom. The molecule has 0 bridgehead atoms. The zero-order valence-corrected chi connectivity index (χ0v) is 12.1. The Hall–Kier alpha value is -2.11. The van der Waals surface area contributed by atoms with E-state index in [9.17, 15) is 4.79 Å². The number of aromatic nitrogens is 2. The highest BCUT2D eigenvalue weighted by molar-refractivity contribution is 6.31. The van der Waals surface area contributed by atoms with Gasteiger partial charge < -0.3 is 14.7 Å². The van der Waals surface area contributed by atoms with Gasteiger partial charge in [0.05, 0.1) is 29.8 Å². The Bertz CT molecular complexity index is 811. The Labute approximate surface area is 126 Å². The number of rotatable bonds is 4. The maximum absolute atomic E-state index is 12.1. The van der Waals surface area contributed by atoms with Crippen LogP contribution in [0.15, 0.2) is 45.8 Å². The summed E-state index contributed by atoms with van der Waals surface area (Å²) in [6.45, 7) is 2.49. The van der Waals surface area contributed by atoms with E-state index in [1.54, 1.807) is 24.5 Å². The molecular weight excluding hydrogens is 290 g/mol. The summed E-state index contributed by atoms with van der Waals surface area (Å²) in [5.74, 6) is 1.40. The highest BCUT2D eigenvalue weighted by atomic mass is 35.5. The van der Waals surface area contributed by atoms with Crippen molar-refractivity contribution in [3.8, 4) is 0 Å². The minimum atomic E-state index is -0.168. The molecule has 0 aliphatic heterocycles. The van der Waals surface area contributed by atoms with Crippen LogP contribution in [0.2, 0.25) is 5.02 Å². The number of nitrogens with one attached hydrogen (secondary N) is 2. The van der Waals surface area contributed by atoms with Gasteiger partial charge in [0.1, 0.15) is 11.6 Å². The Morgan fingerprint density at radius 1 is 1.43 bits per heavy atom. The van der Waals surface area contributed by atoms with Crippen LogP contribution in [-0.2, 0) is 6.54 Å². The third kappa shape index (κ3) is 2.99. The van der Waals surface area contributed by atoms with E-state index in [1.165, 1.54) is 0 Å². The van der Waals surface area contributed by atoms with Crippen molar-refractivity contribution in [2.24, 2.45) is 0 Å². The van der Waals surface area contributed by atoms with Gasteiger partial charge in [0.2, 0.25) is 0 Å². The monoisotopic (exact) mass is 303 g/mol. The van der Waals surface area contributed by atoms with E-state index in [0.29, 0.717) is 28.3 Å². The molecule has 0 unspecified atom stereocenters. The molecule has 21 heavy (non-hydrogen) atoms. The van der Waals surface area contributed by atoms with Crippen LogP contribution in [0, 0.1) is 0 Å². The number of hydrogen-bond acceptors (Lipinski definition) is 4. The fourth-order valence-corrected chi connectivity index (χ4v) is 2.27. The third-order valence-electron chi connectivity index (χ3n) is 3.26. The van der Waals surface area contributed by atoms with Crippen molar-refractivity contribution in [2.45, 2.75) is 19.5 Å². The van der Waals surface area contributed by atoms with Gasteiger partial charge in [-0.25, -0.2) is 4.98 Å². The van der Waals surface area contributed by atoms with Gasteiger partial charge in [0, 0.05) is 5.02 Å². The lowest BCUT2D eigenvalue weighted by Gasteiger charge is -2.12. The number of H-pyrrole nitrogens is 1. The van der Waals surface area contributed by atoms with E-state index in [-0.39, 0.29) is 11.6 Å². The van der Waals surface area contributed by atoms with Crippen molar-refractivity contribution in [1.29, 1.82) is 0 Å². The molecule has 0 aliphatic carbocycles. The summed E-state index contributed by atoms with van der Waals surface area (Å²) in [5.41, 5.74) is 0.422. The van der Waals surface area contributed by atoms with Gasteiger partial charge in [-0.15, -0.1) is 0 Å². The number of hydrogen-bond donors (Lipinski definition) is 2. The first kappa shape index (κ1) is 13.9. The van der Waals surface area contributed by atoms with Crippen molar-refractivity contribution in [3.05, 3.63) is 63.6 Å². The average molecular weight is 304 g/mol. The summed E-state index contributed by atoms with van der Waals surface area (Å²) in [4.78, 5) is 19.3. The topological polar surface area (TPSA) is 70.9 Å². The summed E-state index contributed by atoms with van der Waals surface area (Å²) in [5, 5.41) is 4.34. The number of nitrogens with zero attached hydrogens (tertiary/aromatic N) is 1. The number of halogens is 1. The van der Waals surface area contributed by atoms with Crippen LogP contribution in [0.4, 0.5) is 0 Å². The van der Waals surface area contributed by atoms with Crippen LogP contribution in [0.1, 0.15) is 24.6 Å². The van der Waals surface area contributed by atoms with Gasteiger partial charge in [-0.3, -0.25) is 4.79 Å². The highest BCUT2D eigenvalue weighted by Crippen LogP contribution is 2.16. The number of benzene rings is 1. The second kappa shape index (κ2) is 5.71. The van der Waals surface area contributed by atoms with Gasteiger partial charge >= 0.3 is 0 Å². The maximum atomic E-state index is 12.1. The molecule has 3 aromatic rings. The van der Waals surface area contributed by atoms with Gasteiger partial charge in [-0.1, -0.05) is 11.6 Å². The fourth-order valence-electron chi connectivity index (χ4n) is 2.10. The Morgan fingerprint density at radius 2 is 2.29 bits per heavy atom. The minimum Gasteiger partial charge on any atom is -0.468 e. The molecule has 0 spiro atoms. The van der Waals surface area contributed by atoms with E-state index >= 15 is 0 Å². The predicted molar refractivity (Wildman–Crippen MR) is 81.3 cm³/mol. The summed E-state index contributed by atoms with van der Waals surface area (Å²) < 4.78 is 5.26. The molecule has 1 aromatic carbocycles. The first-order valence-electron chi connectivity index (χ1n) is 6.59. The molecule has 0 amide bonds. The largest absolute Gasteiger partial charge is 0.468 e. The lowest BCUT2D eigenvalue weighted by molar-refractivity contribution is 0.453. The molecule has 0 fully saturated rings. The molecule has 0 radical (unpaired) electrons. The fraction of sp³-hybridized carbons (Fsp3) is 0.200. The third-order valence-corrected chi connectivity index (χ3v) is 3.49. The Balaban J connectivity index is 1.87. The lowest BCUT2D eigenvalue weighted by Crippen LogP contribution is -2.23. The normalized spacial score (nSPS) is 12.7. The van der Waals surface area contributed by atoms with E-state index < -0.39 is 0 Å². The molecule has 0 saturated heterocycles. The maximum Gasteiger partial charge on any atom is 0.258 e. The van der Waals surface area contributed by atoms with Crippen molar-refractivity contribution >= 4 is 22.5 Å². The molecule has 6 heteroatoms.